The second-order valence-corrected chi connectivity index (χ2v) is 5.48. The van der Waals surface area contributed by atoms with Crippen LogP contribution in [-0.4, -0.2) is 25.0 Å². The van der Waals surface area contributed by atoms with Crippen LogP contribution in [0.4, 0.5) is 11.4 Å². The van der Waals surface area contributed by atoms with Crippen molar-refractivity contribution >= 4 is 23.3 Å². The molecule has 5 heteroatoms. The minimum atomic E-state index is -0.524. The Balaban J connectivity index is 1.64. The van der Waals surface area contributed by atoms with Crippen molar-refractivity contribution in [2.45, 2.75) is 12.8 Å². The van der Waals surface area contributed by atoms with Crippen molar-refractivity contribution in [2.75, 3.05) is 23.8 Å². The maximum atomic E-state index is 12.4. The van der Waals surface area contributed by atoms with Crippen molar-refractivity contribution in [3.63, 3.8) is 0 Å². The third kappa shape index (κ3) is 3.34. The largest absolute Gasteiger partial charge is 0.452 e. The summed E-state index contributed by atoms with van der Waals surface area (Å²) in [5, 5.41) is 0. The summed E-state index contributed by atoms with van der Waals surface area (Å²) in [7, 11) is 0. The lowest BCUT2D eigenvalue weighted by molar-refractivity contribution is -0.121. The summed E-state index contributed by atoms with van der Waals surface area (Å²) in [6.07, 6.45) is 1.87. The second kappa shape index (κ2) is 6.52. The number of esters is 1. The number of carbonyl (C=O) groups is 2. The summed E-state index contributed by atoms with van der Waals surface area (Å²) in [6.45, 7) is 0.382. The van der Waals surface area contributed by atoms with Gasteiger partial charge >= 0.3 is 5.97 Å². The Kier molecular flexibility index (Phi) is 4.28. The maximum absolute atomic E-state index is 12.4. The number of nitrogens with zero attached hydrogens (tertiary/aromatic N) is 1. The Bertz CT molecular complexity index is 725. The molecule has 1 aliphatic rings. The topological polar surface area (TPSA) is 72.6 Å². The highest BCUT2D eigenvalue weighted by Crippen LogP contribution is 2.26. The molecule has 0 bridgehead atoms. The van der Waals surface area contributed by atoms with Crippen molar-refractivity contribution in [2.24, 2.45) is 0 Å². The summed E-state index contributed by atoms with van der Waals surface area (Å²) in [5.41, 5.74) is 8.59. The van der Waals surface area contributed by atoms with Crippen LogP contribution < -0.4 is 10.6 Å². The zero-order valence-corrected chi connectivity index (χ0v) is 12.7. The van der Waals surface area contributed by atoms with E-state index in [2.05, 4.69) is 0 Å². The molecule has 0 aliphatic carbocycles. The third-order valence-corrected chi connectivity index (χ3v) is 3.88. The Labute approximate surface area is 134 Å². The van der Waals surface area contributed by atoms with Gasteiger partial charge in [-0.25, -0.2) is 4.79 Å². The van der Waals surface area contributed by atoms with E-state index in [4.69, 9.17) is 10.5 Å². The first-order valence-electron chi connectivity index (χ1n) is 7.56. The quantitative estimate of drug-likeness (QED) is 0.698. The van der Waals surface area contributed by atoms with Crippen LogP contribution in [0.3, 0.4) is 0 Å². The summed E-state index contributed by atoms with van der Waals surface area (Å²) < 4.78 is 5.13. The molecule has 0 unspecified atom stereocenters. The number of ether oxygens (including phenoxy) is 1. The molecule has 0 saturated heterocycles. The zero-order chi connectivity index (χ0) is 16.2. The number of hydrogen-bond donors (Lipinski definition) is 1. The number of nitrogens with two attached hydrogens (primary N) is 1. The van der Waals surface area contributed by atoms with E-state index in [1.54, 1.807) is 29.2 Å². The number of nitrogen functional groups attached to an aromatic ring is 1. The van der Waals surface area contributed by atoms with Crippen LogP contribution in [0.1, 0.15) is 22.3 Å². The standard InChI is InChI=1S/C18H18N2O3/c19-15-9-7-14(8-10-15)18(22)23-12-17(21)20-11-3-5-13-4-1-2-6-16(13)20/h1-2,4,6-10H,3,5,11-12,19H2. The van der Waals surface area contributed by atoms with Gasteiger partial charge in [-0.1, -0.05) is 18.2 Å². The Morgan fingerprint density at radius 3 is 2.61 bits per heavy atom. The number of carbonyl (C=O) groups excluding carboxylic acids is 2. The minimum absolute atomic E-state index is 0.207. The van der Waals surface area contributed by atoms with Crippen LogP contribution >= 0.6 is 0 Å². The molecule has 0 spiro atoms. The number of benzene rings is 2. The SMILES string of the molecule is Nc1ccc(C(=O)OCC(=O)N2CCCc3ccccc32)cc1. The highest BCUT2D eigenvalue weighted by molar-refractivity contribution is 5.98. The maximum Gasteiger partial charge on any atom is 0.338 e. The highest BCUT2D eigenvalue weighted by atomic mass is 16.5. The minimum Gasteiger partial charge on any atom is -0.452 e. The Hall–Kier alpha value is -2.82. The molecule has 3 rings (SSSR count). The number of amides is 1. The fourth-order valence-corrected chi connectivity index (χ4v) is 2.70. The van der Waals surface area contributed by atoms with E-state index in [-0.39, 0.29) is 12.5 Å². The average Bonchev–Trinajstić information content (AvgIpc) is 2.59. The molecular formula is C18H18N2O3. The Morgan fingerprint density at radius 2 is 1.83 bits per heavy atom. The molecule has 0 fully saturated rings. The fourth-order valence-electron chi connectivity index (χ4n) is 2.70. The van der Waals surface area contributed by atoms with E-state index in [9.17, 15) is 9.59 Å². The van der Waals surface area contributed by atoms with Crippen LogP contribution in [-0.2, 0) is 16.0 Å². The first-order chi connectivity index (χ1) is 11.1. The van der Waals surface area contributed by atoms with Crippen LogP contribution in [0.5, 0.6) is 0 Å². The number of hydrogen-bond acceptors (Lipinski definition) is 4. The predicted molar refractivity (Wildman–Crippen MR) is 88.3 cm³/mol. The molecule has 2 aromatic carbocycles. The van der Waals surface area contributed by atoms with Crippen LogP contribution in [0.15, 0.2) is 48.5 Å². The van der Waals surface area contributed by atoms with Gasteiger partial charge < -0.3 is 15.4 Å². The molecule has 23 heavy (non-hydrogen) atoms. The van der Waals surface area contributed by atoms with E-state index in [1.807, 2.05) is 24.3 Å². The summed E-state index contributed by atoms with van der Waals surface area (Å²) in [5.74, 6) is -0.732. The monoisotopic (exact) mass is 310 g/mol. The van der Waals surface area contributed by atoms with Gasteiger partial charge in [-0.3, -0.25) is 4.79 Å². The lowest BCUT2D eigenvalue weighted by Gasteiger charge is -2.29. The molecule has 118 valence electrons. The van der Waals surface area contributed by atoms with Crippen LogP contribution in [0.25, 0.3) is 0 Å². The van der Waals surface area contributed by atoms with Crippen molar-refractivity contribution < 1.29 is 14.3 Å². The first kappa shape index (κ1) is 15.1. The van der Waals surface area contributed by atoms with Gasteiger partial charge in [0.15, 0.2) is 6.61 Å². The number of rotatable bonds is 3. The molecule has 0 aromatic heterocycles. The van der Waals surface area contributed by atoms with E-state index in [0.29, 0.717) is 17.8 Å². The lowest BCUT2D eigenvalue weighted by Crippen LogP contribution is -2.38. The van der Waals surface area contributed by atoms with Gasteiger partial charge in [-0.05, 0) is 48.7 Å². The first-order valence-corrected chi connectivity index (χ1v) is 7.56. The third-order valence-electron chi connectivity index (χ3n) is 3.88. The molecule has 2 aromatic rings. The Morgan fingerprint density at radius 1 is 1.09 bits per heavy atom. The molecule has 1 aliphatic heterocycles. The van der Waals surface area contributed by atoms with Gasteiger partial charge in [0.1, 0.15) is 0 Å². The van der Waals surface area contributed by atoms with E-state index in [1.165, 1.54) is 0 Å². The van der Waals surface area contributed by atoms with Gasteiger partial charge in [-0.2, -0.15) is 0 Å². The average molecular weight is 310 g/mol. The van der Waals surface area contributed by atoms with Gasteiger partial charge in [-0.15, -0.1) is 0 Å². The van der Waals surface area contributed by atoms with Gasteiger partial charge in [0.05, 0.1) is 5.56 Å². The molecular weight excluding hydrogens is 292 g/mol. The van der Waals surface area contributed by atoms with E-state index < -0.39 is 5.97 Å². The second-order valence-electron chi connectivity index (χ2n) is 5.48. The molecule has 5 nitrogen and oxygen atoms in total. The number of para-hydroxylation sites is 1. The molecule has 1 amide bonds. The molecule has 1 heterocycles. The summed E-state index contributed by atoms with van der Waals surface area (Å²) in [4.78, 5) is 26.0. The number of aryl methyl sites for hydroxylation is 1. The van der Waals surface area contributed by atoms with Crippen molar-refractivity contribution in [3.8, 4) is 0 Å². The molecule has 2 N–H and O–H groups in total. The number of fused-ring (bicyclic) bond motifs is 1. The van der Waals surface area contributed by atoms with Gasteiger partial charge in [0.2, 0.25) is 0 Å². The van der Waals surface area contributed by atoms with Crippen LogP contribution in [0, 0.1) is 0 Å². The van der Waals surface area contributed by atoms with Gasteiger partial charge in [0.25, 0.3) is 5.91 Å². The van der Waals surface area contributed by atoms with Crippen molar-refractivity contribution in [3.05, 3.63) is 59.7 Å². The summed E-state index contributed by atoms with van der Waals surface area (Å²) in [6, 6.07) is 14.2. The normalized spacial score (nSPS) is 13.3. The van der Waals surface area contributed by atoms with E-state index >= 15 is 0 Å². The molecule has 0 atom stereocenters. The van der Waals surface area contributed by atoms with Crippen molar-refractivity contribution in [1.82, 2.24) is 0 Å². The molecule has 0 radical (unpaired) electrons. The van der Waals surface area contributed by atoms with Gasteiger partial charge in [0, 0.05) is 17.9 Å². The van der Waals surface area contributed by atoms with Crippen molar-refractivity contribution in [1.29, 1.82) is 0 Å². The van der Waals surface area contributed by atoms with Crippen LogP contribution in [0.2, 0.25) is 0 Å². The zero-order valence-electron chi connectivity index (χ0n) is 12.7. The fraction of sp³-hybridized carbons (Fsp3) is 0.222. The number of anilines is 2. The smallest absolute Gasteiger partial charge is 0.338 e. The highest BCUT2D eigenvalue weighted by Gasteiger charge is 2.23. The summed E-state index contributed by atoms with van der Waals surface area (Å²) >= 11 is 0. The van der Waals surface area contributed by atoms with E-state index in [0.717, 1.165) is 24.1 Å². The lowest BCUT2D eigenvalue weighted by atomic mass is 10.0. The molecule has 0 saturated carbocycles. The predicted octanol–water partition coefficient (Wildman–Crippen LogP) is 2.41.